The highest BCUT2D eigenvalue weighted by Gasteiger charge is 2.10. The van der Waals surface area contributed by atoms with Gasteiger partial charge in [0.15, 0.2) is 0 Å². The first-order valence-corrected chi connectivity index (χ1v) is 5.88. The summed E-state index contributed by atoms with van der Waals surface area (Å²) in [5.74, 6) is 0.207. The summed E-state index contributed by atoms with van der Waals surface area (Å²) in [6.45, 7) is 4.26. The number of anilines is 1. The van der Waals surface area contributed by atoms with Gasteiger partial charge in [-0.25, -0.2) is 9.97 Å². The van der Waals surface area contributed by atoms with E-state index in [2.05, 4.69) is 15.3 Å². The maximum atomic E-state index is 10.6. The van der Waals surface area contributed by atoms with Crippen LogP contribution in [0.4, 0.5) is 5.82 Å². The molecule has 100 valence electrons. The predicted molar refractivity (Wildman–Crippen MR) is 67.8 cm³/mol. The Labute approximate surface area is 106 Å². The summed E-state index contributed by atoms with van der Waals surface area (Å²) in [5.41, 5.74) is 0.853. The minimum Gasteiger partial charge on any atom is -0.481 e. The first-order chi connectivity index (χ1) is 8.56. The fourth-order valence-electron chi connectivity index (χ4n) is 1.56. The van der Waals surface area contributed by atoms with Crippen molar-refractivity contribution in [3.63, 3.8) is 0 Å². The lowest BCUT2D eigenvalue weighted by Gasteiger charge is -2.11. The highest BCUT2D eigenvalue weighted by Crippen LogP contribution is 2.19. The van der Waals surface area contributed by atoms with Gasteiger partial charge in [0.1, 0.15) is 12.1 Å². The molecule has 0 bridgehead atoms. The Balaban J connectivity index is 2.42. The van der Waals surface area contributed by atoms with E-state index in [1.165, 1.54) is 6.33 Å². The topological polar surface area (TPSA) is 84.3 Å². The third kappa shape index (κ3) is 3.87. The van der Waals surface area contributed by atoms with Gasteiger partial charge in [0.05, 0.1) is 18.6 Å². The molecule has 1 rings (SSSR count). The van der Waals surface area contributed by atoms with E-state index in [0.717, 1.165) is 17.8 Å². The van der Waals surface area contributed by atoms with E-state index in [9.17, 15) is 4.79 Å². The summed E-state index contributed by atoms with van der Waals surface area (Å²) in [7, 11) is 1.56. The molecule has 0 saturated carbocycles. The number of carboxylic acids is 1. The Kier molecular flexibility index (Phi) is 5.35. The summed E-state index contributed by atoms with van der Waals surface area (Å²) in [6, 6.07) is 0. The number of hydrogen-bond donors (Lipinski definition) is 2. The van der Waals surface area contributed by atoms with Crippen LogP contribution in [0.15, 0.2) is 6.33 Å². The van der Waals surface area contributed by atoms with Crippen LogP contribution in [-0.4, -0.2) is 34.7 Å². The molecule has 0 fully saturated rings. The second-order valence-corrected chi connectivity index (χ2v) is 4.16. The molecule has 0 amide bonds. The average Bonchev–Trinajstić information content (AvgIpc) is 2.35. The summed E-state index contributed by atoms with van der Waals surface area (Å²) in [4.78, 5) is 18.7. The lowest BCUT2D eigenvalue weighted by atomic mass is 10.1. The normalized spacial score (nSPS) is 11.9. The highest BCUT2D eigenvalue weighted by atomic mass is 16.5. The van der Waals surface area contributed by atoms with Crippen molar-refractivity contribution in [2.45, 2.75) is 26.7 Å². The smallest absolute Gasteiger partial charge is 0.306 e. The van der Waals surface area contributed by atoms with Gasteiger partial charge < -0.3 is 15.2 Å². The molecule has 1 heterocycles. The Hall–Kier alpha value is -1.85. The zero-order valence-electron chi connectivity index (χ0n) is 10.9. The number of nitrogens with one attached hydrogen (secondary N) is 1. The third-order valence-electron chi connectivity index (χ3n) is 2.76. The first kappa shape index (κ1) is 14.2. The van der Waals surface area contributed by atoms with Gasteiger partial charge >= 0.3 is 5.97 Å². The Morgan fingerprint density at radius 2 is 2.28 bits per heavy atom. The van der Waals surface area contributed by atoms with Crippen LogP contribution in [0, 0.1) is 12.8 Å². The van der Waals surface area contributed by atoms with Crippen molar-refractivity contribution in [3.05, 3.63) is 11.9 Å². The maximum Gasteiger partial charge on any atom is 0.306 e. The van der Waals surface area contributed by atoms with Crippen molar-refractivity contribution in [3.8, 4) is 5.88 Å². The molecule has 18 heavy (non-hydrogen) atoms. The zero-order valence-corrected chi connectivity index (χ0v) is 10.9. The Morgan fingerprint density at radius 3 is 2.89 bits per heavy atom. The van der Waals surface area contributed by atoms with Crippen molar-refractivity contribution in [1.29, 1.82) is 0 Å². The Bertz CT molecular complexity index is 410. The number of carboxylic acid groups (broad SMARTS) is 1. The second kappa shape index (κ2) is 6.78. The number of carbonyl (C=O) groups is 1. The van der Waals surface area contributed by atoms with Gasteiger partial charge in [-0.15, -0.1) is 0 Å². The lowest BCUT2D eigenvalue weighted by molar-refractivity contribution is -0.141. The highest BCUT2D eigenvalue weighted by molar-refractivity contribution is 5.69. The van der Waals surface area contributed by atoms with Crippen molar-refractivity contribution in [1.82, 2.24) is 9.97 Å². The van der Waals surface area contributed by atoms with Crippen LogP contribution < -0.4 is 10.1 Å². The van der Waals surface area contributed by atoms with Crippen LogP contribution in [0.3, 0.4) is 0 Å². The molecule has 6 heteroatoms. The van der Waals surface area contributed by atoms with Crippen LogP contribution in [0.5, 0.6) is 5.88 Å². The molecule has 2 N–H and O–H groups in total. The summed E-state index contributed by atoms with van der Waals surface area (Å²) in [6.07, 6.45) is 2.86. The number of ether oxygens (including phenoxy) is 1. The van der Waals surface area contributed by atoms with Gasteiger partial charge in [0.2, 0.25) is 5.88 Å². The van der Waals surface area contributed by atoms with Crippen LogP contribution in [0.2, 0.25) is 0 Å². The van der Waals surface area contributed by atoms with E-state index in [1.807, 2.05) is 6.92 Å². The maximum absolute atomic E-state index is 10.6. The van der Waals surface area contributed by atoms with Gasteiger partial charge in [0.25, 0.3) is 0 Å². The van der Waals surface area contributed by atoms with E-state index in [-0.39, 0.29) is 5.92 Å². The molecule has 0 spiro atoms. The van der Waals surface area contributed by atoms with Gasteiger partial charge in [-0.2, -0.15) is 0 Å². The lowest BCUT2D eigenvalue weighted by Crippen LogP contribution is -2.12. The molecule has 1 aromatic heterocycles. The molecule has 0 aliphatic heterocycles. The van der Waals surface area contributed by atoms with E-state index in [4.69, 9.17) is 9.84 Å². The van der Waals surface area contributed by atoms with E-state index in [0.29, 0.717) is 18.8 Å². The molecule has 1 atom stereocenters. The number of aromatic nitrogens is 2. The molecule has 1 aromatic rings. The van der Waals surface area contributed by atoms with Crippen LogP contribution in [0.1, 0.15) is 25.3 Å². The van der Waals surface area contributed by atoms with Gasteiger partial charge in [-0.1, -0.05) is 6.92 Å². The van der Waals surface area contributed by atoms with Crippen molar-refractivity contribution in [2.24, 2.45) is 5.92 Å². The Morgan fingerprint density at radius 1 is 1.56 bits per heavy atom. The predicted octanol–water partition coefficient (Wildman–Crippen LogP) is 1.71. The molecule has 0 aliphatic rings. The molecule has 0 radical (unpaired) electrons. The van der Waals surface area contributed by atoms with Crippen LogP contribution >= 0.6 is 0 Å². The minimum atomic E-state index is -0.755. The number of nitrogens with zero attached hydrogens (tertiary/aromatic N) is 2. The molecule has 1 unspecified atom stereocenters. The third-order valence-corrected chi connectivity index (χ3v) is 2.76. The van der Waals surface area contributed by atoms with Crippen molar-refractivity contribution < 1.29 is 14.6 Å². The van der Waals surface area contributed by atoms with E-state index >= 15 is 0 Å². The molecular formula is C12H19N3O3. The van der Waals surface area contributed by atoms with Crippen LogP contribution in [-0.2, 0) is 4.79 Å². The summed E-state index contributed by atoms with van der Waals surface area (Å²) >= 11 is 0. The largest absolute Gasteiger partial charge is 0.481 e. The fourth-order valence-corrected chi connectivity index (χ4v) is 1.56. The molecular weight excluding hydrogens is 234 g/mol. The van der Waals surface area contributed by atoms with E-state index < -0.39 is 5.97 Å². The second-order valence-electron chi connectivity index (χ2n) is 4.16. The number of methoxy groups -OCH3 is 1. The van der Waals surface area contributed by atoms with Gasteiger partial charge in [-0.3, -0.25) is 4.79 Å². The molecule has 6 nitrogen and oxygen atoms in total. The zero-order chi connectivity index (χ0) is 13.5. The van der Waals surface area contributed by atoms with Gasteiger partial charge in [-0.05, 0) is 19.8 Å². The first-order valence-electron chi connectivity index (χ1n) is 5.88. The molecule has 0 aliphatic carbocycles. The fraction of sp³-hybridized carbons (Fsp3) is 0.583. The standard InChI is InChI=1S/C12H19N3O3/c1-8(12(16)17)5-4-6-13-10-9(2)11(18-3)15-7-14-10/h7-8H,4-6H2,1-3H3,(H,16,17)(H,13,14,15). The monoisotopic (exact) mass is 253 g/mol. The number of aliphatic carboxylic acids is 1. The van der Waals surface area contributed by atoms with E-state index in [1.54, 1.807) is 14.0 Å². The molecule has 0 saturated heterocycles. The number of hydrogen-bond acceptors (Lipinski definition) is 5. The summed E-state index contributed by atoms with van der Waals surface area (Å²) in [5, 5.41) is 11.9. The minimum absolute atomic E-state index is 0.312. The van der Waals surface area contributed by atoms with Gasteiger partial charge in [0, 0.05) is 6.54 Å². The number of rotatable bonds is 7. The van der Waals surface area contributed by atoms with Crippen molar-refractivity contribution in [2.75, 3.05) is 19.0 Å². The molecule has 0 aromatic carbocycles. The van der Waals surface area contributed by atoms with Crippen molar-refractivity contribution >= 4 is 11.8 Å². The SMILES string of the molecule is COc1ncnc(NCCCC(C)C(=O)O)c1C. The average molecular weight is 253 g/mol. The van der Waals surface area contributed by atoms with Crippen LogP contribution in [0.25, 0.3) is 0 Å². The summed E-state index contributed by atoms with van der Waals surface area (Å²) < 4.78 is 5.09. The quantitative estimate of drug-likeness (QED) is 0.719.